The Bertz CT molecular complexity index is 1460. The molecule has 0 spiro atoms. The third-order valence-electron chi connectivity index (χ3n) is 7.43. The van der Waals surface area contributed by atoms with Crippen molar-refractivity contribution < 1.29 is 23.7 Å². The highest BCUT2D eigenvalue weighted by atomic mass is 16.6. The van der Waals surface area contributed by atoms with Crippen LogP contribution in [0.4, 0.5) is 4.79 Å². The number of likely N-dealkylation sites (tertiary alicyclic amines) is 1. The fraction of sp³-hybridized carbons (Fsp3) is 0.533. The van der Waals surface area contributed by atoms with Gasteiger partial charge in [0.15, 0.2) is 11.5 Å². The molecule has 3 aromatic heterocycles. The van der Waals surface area contributed by atoms with Crippen LogP contribution in [0, 0.1) is 6.92 Å². The summed E-state index contributed by atoms with van der Waals surface area (Å²) in [6.07, 6.45) is 4.53. The van der Waals surface area contributed by atoms with Crippen LogP contribution in [-0.2, 0) is 17.8 Å². The van der Waals surface area contributed by atoms with Gasteiger partial charge in [-0.2, -0.15) is 0 Å². The molecule has 0 aliphatic carbocycles. The highest BCUT2D eigenvalue weighted by Crippen LogP contribution is 2.31. The molecule has 0 saturated carbocycles. The SMILES string of the molecule is COc1cnc2c(C)cc(=O)n(CCN3CCC(N(Cc4cc5c(cn4)OCCO5)C(=O)OC(C)(C)C)CC3)c2c1. The first-order valence-electron chi connectivity index (χ1n) is 14.1. The number of carbonyl (C=O) groups excluding carboxylic acids is 1. The van der Waals surface area contributed by atoms with E-state index in [-0.39, 0.29) is 17.7 Å². The summed E-state index contributed by atoms with van der Waals surface area (Å²) in [7, 11) is 1.59. The van der Waals surface area contributed by atoms with Crippen LogP contribution in [0.25, 0.3) is 11.0 Å². The van der Waals surface area contributed by atoms with E-state index < -0.39 is 5.60 Å². The second-order valence-corrected chi connectivity index (χ2v) is 11.6. The number of aryl methyl sites for hydroxylation is 1. The van der Waals surface area contributed by atoms with Crippen LogP contribution in [0.15, 0.2) is 35.4 Å². The first-order chi connectivity index (χ1) is 19.6. The van der Waals surface area contributed by atoms with Crippen molar-refractivity contribution in [2.75, 3.05) is 40.0 Å². The molecule has 0 radical (unpaired) electrons. The topological polar surface area (TPSA) is 108 Å². The van der Waals surface area contributed by atoms with E-state index in [1.807, 2.05) is 39.8 Å². The lowest BCUT2D eigenvalue weighted by molar-refractivity contribution is 0.00529. The Morgan fingerprint density at radius 2 is 1.78 bits per heavy atom. The monoisotopic (exact) mass is 565 g/mol. The van der Waals surface area contributed by atoms with E-state index in [1.54, 1.807) is 35.0 Å². The molecule has 0 bridgehead atoms. The number of rotatable bonds is 7. The molecule has 1 saturated heterocycles. The quantitative estimate of drug-likeness (QED) is 0.423. The van der Waals surface area contributed by atoms with E-state index in [9.17, 15) is 9.59 Å². The number of fused-ring (bicyclic) bond motifs is 2. The molecule has 1 amide bonds. The Morgan fingerprint density at radius 1 is 1.05 bits per heavy atom. The van der Waals surface area contributed by atoms with E-state index >= 15 is 0 Å². The van der Waals surface area contributed by atoms with Crippen molar-refractivity contribution in [3.63, 3.8) is 0 Å². The van der Waals surface area contributed by atoms with Crippen molar-refractivity contribution >= 4 is 17.1 Å². The Labute approximate surface area is 240 Å². The number of nitrogens with zero attached hydrogens (tertiary/aromatic N) is 5. The van der Waals surface area contributed by atoms with Crippen molar-refractivity contribution in [3.05, 3.63) is 52.2 Å². The van der Waals surface area contributed by atoms with Gasteiger partial charge in [0, 0.05) is 50.4 Å². The maximum absolute atomic E-state index is 13.3. The second-order valence-electron chi connectivity index (χ2n) is 11.6. The van der Waals surface area contributed by atoms with Crippen molar-refractivity contribution in [1.82, 2.24) is 24.3 Å². The van der Waals surface area contributed by atoms with Crippen LogP contribution in [0.5, 0.6) is 17.2 Å². The van der Waals surface area contributed by atoms with Gasteiger partial charge in [0.05, 0.1) is 42.8 Å². The number of pyridine rings is 3. The smallest absolute Gasteiger partial charge is 0.410 e. The van der Waals surface area contributed by atoms with Crippen LogP contribution in [0.3, 0.4) is 0 Å². The molecule has 2 aliphatic rings. The van der Waals surface area contributed by atoms with Crippen molar-refractivity contribution in [3.8, 4) is 17.2 Å². The van der Waals surface area contributed by atoms with Crippen molar-refractivity contribution in [2.24, 2.45) is 0 Å². The zero-order chi connectivity index (χ0) is 29.1. The first-order valence-corrected chi connectivity index (χ1v) is 14.1. The fourth-order valence-corrected chi connectivity index (χ4v) is 5.35. The number of carbonyl (C=O) groups is 1. The number of ether oxygens (including phenoxy) is 4. The third-order valence-corrected chi connectivity index (χ3v) is 7.43. The summed E-state index contributed by atoms with van der Waals surface area (Å²) in [6.45, 7) is 11.6. The van der Waals surface area contributed by atoms with Gasteiger partial charge < -0.3 is 28.4 Å². The average Bonchev–Trinajstić information content (AvgIpc) is 2.95. The first kappa shape index (κ1) is 28.7. The van der Waals surface area contributed by atoms with Crippen LogP contribution < -0.4 is 19.8 Å². The molecular formula is C30H39N5O6. The number of methoxy groups -OCH3 is 1. The van der Waals surface area contributed by atoms with Gasteiger partial charge in [0.25, 0.3) is 5.56 Å². The van der Waals surface area contributed by atoms with E-state index in [0.29, 0.717) is 50.1 Å². The lowest BCUT2D eigenvalue weighted by atomic mass is 10.0. The summed E-state index contributed by atoms with van der Waals surface area (Å²) in [5.41, 5.74) is 2.47. The lowest BCUT2D eigenvalue weighted by Gasteiger charge is -2.39. The molecule has 2 aliphatic heterocycles. The van der Waals surface area contributed by atoms with Crippen LogP contribution in [-0.4, -0.2) is 82.0 Å². The second kappa shape index (κ2) is 11.9. The van der Waals surface area contributed by atoms with E-state index in [1.165, 1.54) is 0 Å². The van der Waals surface area contributed by atoms with Crippen LogP contribution in [0.2, 0.25) is 0 Å². The summed E-state index contributed by atoms with van der Waals surface area (Å²) in [5.74, 6) is 1.88. The molecule has 11 nitrogen and oxygen atoms in total. The number of piperidine rings is 1. The fourth-order valence-electron chi connectivity index (χ4n) is 5.35. The molecule has 220 valence electrons. The summed E-state index contributed by atoms with van der Waals surface area (Å²) >= 11 is 0. The van der Waals surface area contributed by atoms with Crippen LogP contribution in [0.1, 0.15) is 44.9 Å². The number of aromatic nitrogens is 3. The third kappa shape index (κ3) is 6.73. The molecule has 5 heterocycles. The number of hydrogen-bond acceptors (Lipinski definition) is 9. The van der Waals surface area contributed by atoms with E-state index in [0.717, 1.165) is 48.2 Å². The zero-order valence-corrected chi connectivity index (χ0v) is 24.5. The van der Waals surface area contributed by atoms with Gasteiger partial charge in [-0.25, -0.2) is 4.79 Å². The molecule has 5 rings (SSSR count). The molecular weight excluding hydrogens is 526 g/mol. The van der Waals surface area contributed by atoms with Gasteiger partial charge in [-0.05, 0) is 46.1 Å². The van der Waals surface area contributed by atoms with Gasteiger partial charge in [0.1, 0.15) is 24.6 Å². The van der Waals surface area contributed by atoms with Crippen molar-refractivity contribution in [2.45, 2.75) is 65.3 Å². The normalized spacial score (nSPS) is 16.0. The van der Waals surface area contributed by atoms with E-state index in [2.05, 4.69) is 14.9 Å². The molecule has 0 N–H and O–H groups in total. The zero-order valence-electron chi connectivity index (χ0n) is 24.5. The highest BCUT2D eigenvalue weighted by Gasteiger charge is 2.32. The molecule has 1 fully saturated rings. The van der Waals surface area contributed by atoms with Crippen LogP contribution >= 0.6 is 0 Å². The van der Waals surface area contributed by atoms with E-state index in [4.69, 9.17) is 18.9 Å². The standard InChI is InChI=1S/C30H39N5O6/c1-20-14-27(36)34(24-16-23(38-5)17-32-28(20)24)11-10-33-8-6-22(7-9-33)35(29(37)41-30(2,3)4)19-21-15-25-26(18-31-21)40-13-12-39-25/h14-18,22H,6-13,19H2,1-5H3. The minimum atomic E-state index is -0.613. The Hall–Kier alpha value is -3.86. The molecule has 41 heavy (non-hydrogen) atoms. The maximum Gasteiger partial charge on any atom is 0.410 e. The Balaban J connectivity index is 1.27. The van der Waals surface area contributed by atoms with Gasteiger partial charge >= 0.3 is 6.09 Å². The lowest BCUT2D eigenvalue weighted by Crippen LogP contribution is -2.49. The molecule has 0 aromatic carbocycles. The summed E-state index contributed by atoms with van der Waals surface area (Å²) < 4.78 is 24.2. The minimum absolute atomic E-state index is 0.00695. The predicted molar refractivity (Wildman–Crippen MR) is 154 cm³/mol. The minimum Gasteiger partial charge on any atom is -0.495 e. The average molecular weight is 566 g/mol. The molecule has 11 heteroatoms. The summed E-state index contributed by atoms with van der Waals surface area (Å²) in [4.78, 5) is 39.4. The number of amides is 1. The molecule has 0 unspecified atom stereocenters. The van der Waals surface area contributed by atoms with Gasteiger partial charge in [0.2, 0.25) is 0 Å². The molecule has 0 atom stereocenters. The Morgan fingerprint density at radius 3 is 2.49 bits per heavy atom. The maximum atomic E-state index is 13.3. The molecule has 3 aromatic rings. The van der Waals surface area contributed by atoms with Crippen molar-refractivity contribution in [1.29, 1.82) is 0 Å². The largest absolute Gasteiger partial charge is 0.495 e. The van der Waals surface area contributed by atoms with Gasteiger partial charge in [-0.15, -0.1) is 0 Å². The number of hydrogen-bond donors (Lipinski definition) is 0. The summed E-state index contributed by atoms with van der Waals surface area (Å²) in [6, 6.07) is 5.34. The highest BCUT2D eigenvalue weighted by molar-refractivity contribution is 5.79. The van der Waals surface area contributed by atoms with Gasteiger partial charge in [-0.1, -0.05) is 0 Å². The summed E-state index contributed by atoms with van der Waals surface area (Å²) in [5, 5.41) is 0. The Kier molecular flexibility index (Phi) is 8.35. The van der Waals surface area contributed by atoms with Gasteiger partial charge in [-0.3, -0.25) is 19.7 Å². The predicted octanol–water partition coefficient (Wildman–Crippen LogP) is 3.78.